The van der Waals surface area contributed by atoms with Gasteiger partial charge in [-0.25, -0.2) is 4.98 Å². The second kappa shape index (κ2) is 13.3. The highest BCUT2D eigenvalue weighted by atomic mass is 32.1. The molecule has 0 amide bonds. The van der Waals surface area contributed by atoms with E-state index in [1.54, 1.807) is 0 Å². The first-order chi connectivity index (χ1) is 27.7. The molecule has 0 saturated carbocycles. The van der Waals surface area contributed by atoms with Gasteiger partial charge in [-0.15, -0.1) is 11.3 Å². The summed E-state index contributed by atoms with van der Waals surface area (Å²) >= 11 is 1.86. The van der Waals surface area contributed by atoms with Crippen LogP contribution in [0.5, 0.6) is 0 Å². The van der Waals surface area contributed by atoms with Gasteiger partial charge < -0.3 is 0 Å². The molecule has 3 heterocycles. The Morgan fingerprint density at radius 2 is 0.786 bits per heavy atom. The van der Waals surface area contributed by atoms with E-state index >= 15 is 0 Å². The maximum absolute atomic E-state index is 5.13. The number of nitrogens with zero attached hydrogens (tertiary/aromatic N) is 4. The molecule has 0 spiro atoms. The van der Waals surface area contributed by atoms with E-state index < -0.39 is 0 Å². The highest BCUT2D eigenvalue weighted by Crippen LogP contribution is 2.39. The molecule has 0 unspecified atom stereocenters. The summed E-state index contributed by atoms with van der Waals surface area (Å²) in [5.74, 6) is 1.86. The first kappa shape index (κ1) is 32.2. The van der Waals surface area contributed by atoms with Crippen molar-refractivity contribution in [2.24, 2.45) is 0 Å². The fraction of sp³-hybridized carbons (Fsp3) is 0. The van der Waals surface area contributed by atoms with Crippen LogP contribution in [0.3, 0.4) is 0 Å². The normalized spacial score (nSPS) is 11.6. The first-order valence-electron chi connectivity index (χ1n) is 18.8. The molecule has 0 radical (unpaired) electrons. The van der Waals surface area contributed by atoms with Crippen LogP contribution in [0.25, 0.3) is 104 Å². The molecule has 262 valence electrons. The van der Waals surface area contributed by atoms with Crippen LogP contribution in [0.4, 0.5) is 0 Å². The van der Waals surface area contributed by atoms with Gasteiger partial charge in [0, 0.05) is 42.1 Å². The van der Waals surface area contributed by atoms with Crippen molar-refractivity contribution >= 4 is 53.3 Å². The number of para-hydroxylation sites is 2. The quantitative estimate of drug-likeness (QED) is 0.171. The Labute approximate surface area is 327 Å². The lowest BCUT2D eigenvalue weighted by molar-refractivity contribution is 0.953. The van der Waals surface area contributed by atoms with Crippen molar-refractivity contribution in [2.75, 3.05) is 0 Å². The molecule has 8 aromatic carbocycles. The summed E-state index contributed by atoms with van der Waals surface area (Å²) in [5.41, 5.74) is 11.2. The Morgan fingerprint density at radius 1 is 0.304 bits per heavy atom. The van der Waals surface area contributed by atoms with Crippen LogP contribution in [-0.4, -0.2) is 19.5 Å². The molecular weight excluding hydrogens is 701 g/mol. The van der Waals surface area contributed by atoms with Crippen molar-refractivity contribution in [1.82, 2.24) is 19.5 Å². The average molecular weight is 733 g/mol. The van der Waals surface area contributed by atoms with Crippen LogP contribution in [-0.2, 0) is 0 Å². The van der Waals surface area contributed by atoms with Gasteiger partial charge in [-0.2, -0.15) is 9.97 Å². The third kappa shape index (κ3) is 5.56. The second-order valence-corrected chi connectivity index (χ2v) is 15.2. The third-order valence-electron chi connectivity index (χ3n) is 10.7. The van der Waals surface area contributed by atoms with E-state index in [1.807, 2.05) is 41.7 Å². The Bertz CT molecular complexity index is 3180. The summed E-state index contributed by atoms with van der Waals surface area (Å²) in [6, 6.07) is 68.7. The number of fused-ring (bicyclic) bond motifs is 6. The highest BCUT2D eigenvalue weighted by molar-refractivity contribution is 7.25. The van der Waals surface area contributed by atoms with Crippen LogP contribution >= 0.6 is 11.3 Å². The Kier molecular flexibility index (Phi) is 7.64. The molecule has 4 nitrogen and oxygen atoms in total. The van der Waals surface area contributed by atoms with Gasteiger partial charge >= 0.3 is 0 Å². The largest absolute Gasteiger partial charge is 0.278 e. The van der Waals surface area contributed by atoms with Crippen molar-refractivity contribution in [1.29, 1.82) is 0 Å². The molecule has 0 atom stereocenters. The van der Waals surface area contributed by atoms with Gasteiger partial charge in [-0.05, 0) is 69.8 Å². The molecule has 3 aromatic heterocycles. The predicted octanol–water partition coefficient (Wildman–Crippen LogP) is 13.7. The summed E-state index contributed by atoms with van der Waals surface area (Å²) in [6.07, 6.45) is 0. The predicted molar refractivity (Wildman–Crippen MR) is 234 cm³/mol. The van der Waals surface area contributed by atoms with E-state index in [9.17, 15) is 0 Å². The maximum atomic E-state index is 5.13. The number of thiophene rings is 1. The molecule has 56 heavy (non-hydrogen) atoms. The molecule has 0 bridgehead atoms. The van der Waals surface area contributed by atoms with Gasteiger partial charge in [0.05, 0.1) is 11.0 Å². The molecule has 11 aromatic rings. The second-order valence-electron chi connectivity index (χ2n) is 14.1. The Hall–Kier alpha value is -7.21. The molecule has 5 heteroatoms. The van der Waals surface area contributed by atoms with Gasteiger partial charge in [-0.1, -0.05) is 158 Å². The number of aromatic nitrogens is 4. The average Bonchev–Trinajstić information content (AvgIpc) is 3.82. The topological polar surface area (TPSA) is 43.6 Å². The molecule has 0 N–H and O–H groups in total. The zero-order valence-corrected chi connectivity index (χ0v) is 31.0. The van der Waals surface area contributed by atoms with Gasteiger partial charge in [0.2, 0.25) is 5.95 Å². The van der Waals surface area contributed by atoms with Crippen molar-refractivity contribution in [3.8, 4) is 62.1 Å². The number of hydrogen-bond donors (Lipinski definition) is 0. The lowest BCUT2D eigenvalue weighted by Crippen LogP contribution is -2.06. The van der Waals surface area contributed by atoms with Crippen LogP contribution in [0, 0.1) is 0 Å². The van der Waals surface area contributed by atoms with E-state index in [0.29, 0.717) is 17.6 Å². The van der Waals surface area contributed by atoms with Crippen LogP contribution < -0.4 is 0 Å². The minimum atomic E-state index is 0.593. The van der Waals surface area contributed by atoms with Crippen LogP contribution in [0.2, 0.25) is 0 Å². The minimum Gasteiger partial charge on any atom is -0.278 e. The summed E-state index contributed by atoms with van der Waals surface area (Å²) in [6.45, 7) is 0. The van der Waals surface area contributed by atoms with Crippen molar-refractivity contribution < 1.29 is 0 Å². The van der Waals surface area contributed by atoms with E-state index in [0.717, 1.165) is 33.3 Å². The van der Waals surface area contributed by atoms with Gasteiger partial charge in [0.25, 0.3) is 0 Å². The fourth-order valence-electron chi connectivity index (χ4n) is 7.91. The zero-order valence-electron chi connectivity index (χ0n) is 30.2. The molecular formula is C51H32N4S. The van der Waals surface area contributed by atoms with E-state index in [-0.39, 0.29) is 0 Å². The summed E-state index contributed by atoms with van der Waals surface area (Å²) in [4.78, 5) is 15.2. The molecule has 0 fully saturated rings. The zero-order chi connectivity index (χ0) is 37.0. The van der Waals surface area contributed by atoms with Crippen molar-refractivity contribution in [3.63, 3.8) is 0 Å². The van der Waals surface area contributed by atoms with Gasteiger partial charge in [-0.3, -0.25) is 4.57 Å². The lowest BCUT2D eigenvalue weighted by Gasteiger charge is -2.11. The first-order valence-corrected chi connectivity index (χ1v) is 19.6. The summed E-state index contributed by atoms with van der Waals surface area (Å²) in [7, 11) is 0. The molecule has 0 aliphatic heterocycles. The lowest BCUT2D eigenvalue weighted by atomic mass is 9.97. The maximum Gasteiger partial charge on any atom is 0.238 e. The van der Waals surface area contributed by atoms with Crippen LogP contribution in [0.1, 0.15) is 0 Å². The minimum absolute atomic E-state index is 0.593. The third-order valence-corrected chi connectivity index (χ3v) is 11.8. The summed E-state index contributed by atoms with van der Waals surface area (Å²) < 4.78 is 4.76. The smallest absolute Gasteiger partial charge is 0.238 e. The standard InChI is InChI=1S/C51H32N4S/c1-3-12-33(13-4-1)40-26-28-43-44-31-39(27-29-47(44)56-48(43)32-40)38-17-11-16-37(30-38)34-22-24-36(25-23-34)50-52-49(35-14-5-2-6-15-35)53-51(54-50)55-45-20-9-7-18-41(45)42-19-8-10-21-46(42)55/h1-32H. The number of hydrogen-bond acceptors (Lipinski definition) is 4. The Morgan fingerprint density at radius 3 is 1.48 bits per heavy atom. The molecule has 11 rings (SSSR count). The summed E-state index contributed by atoms with van der Waals surface area (Å²) in [5, 5.41) is 4.93. The van der Waals surface area contributed by atoms with Crippen molar-refractivity contribution in [3.05, 3.63) is 194 Å². The SMILES string of the molecule is c1ccc(-c2ccc3c(c2)sc2ccc(-c4cccc(-c5ccc(-c6nc(-c7ccccc7)nc(-n7c8ccccc8c8ccccc87)n6)cc5)c4)cc23)cc1. The van der Waals surface area contributed by atoms with Gasteiger partial charge in [0.1, 0.15) is 0 Å². The molecule has 0 aliphatic carbocycles. The molecule has 0 aliphatic rings. The number of benzene rings is 8. The van der Waals surface area contributed by atoms with E-state index in [2.05, 4.69) is 168 Å². The van der Waals surface area contributed by atoms with Gasteiger partial charge in [0.15, 0.2) is 11.6 Å². The van der Waals surface area contributed by atoms with E-state index in [4.69, 9.17) is 15.0 Å². The van der Waals surface area contributed by atoms with E-state index in [1.165, 1.54) is 53.2 Å². The highest BCUT2D eigenvalue weighted by Gasteiger charge is 2.18. The molecule has 0 saturated heterocycles. The Balaban J connectivity index is 0.956. The number of rotatable bonds is 6. The monoisotopic (exact) mass is 732 g/mol. The van der Waals surface area contributed by atoms with Crippen molar-refractivity contribution in [2.45, 2.75) is 0 Å². The van der Waals surface area contributed by atoms with Crippen LogP contribution in [0.15, 0.2) is 194 Å². The fourth-order valence-corrected chi connectivity index (χ4v) is 9.03.